The van der Waals surface area contributed by atoms with Gasteiger partial charge in [0.15, 0.2) is 0 Å². The van der Waals surface area contributed by atoms with E-state index in [0.29, 0.717) is 4.38 Å². The van der Waals surface area contributed by atoms with Crippen molar-refractivity contribution < 1.29 is 4.79 Å². The minimum Gasteiger partial charge on any atom is -0.359 e. The van der Waals surface area contributed by atoms with Gasteiger partial charge in [-0.05, 0) is 24.3 Å². The van der Waals surface area contributed by atoms with E-state index in [1.807, 2.05) is 60.7 Å². The van der Waals surface area contributed by atoms with Crippen LogP contribution in [0.5, 0.6) is 0 Å². The molecular weight excluding hydrogens is 248 g/mol. The van der Waals surface area contributed by atoms with Gasteiger partial charge in [-0.25, -0.2) is 0 Å². The van der Waals surface area contributed by atoms with E-state index in [4.69, 9.17) is 5.53 Å². The molecule has 84 valence electrons. The minimum absolute atomic E-state index is 0.613. The molecule has 0 aliphatic heterocycles. The van der Waals surface area contributed by atoms with Crippen LogP contribution in [-0.4, -0.2) is 9.17 Å². The Morgan fingerprint density at radius 2 is 1.18 bits per heavy atom. The SMILES string of the molecule is [N-]=[N+]=C(Sc1ccccc1)Sc1ccccc1. The third kappa shape index (κ3) is 3.79. The highest BCUT2D eigenvalue weighted by Gasteiger charge is 2.12. The van der Waals surface area contributed by atoms with Gasteiger partial charge in [0.05, 0.1) is 0 Å². The van der Waals surface area contributed by atoms with Gasteiger partial charge in [-0.15, -0.1) is 0 Å². The van der Waals surface area contributed by atoms with Crippen molar-refractivity contribution >= 4 is 27.9 Å². The van der Waals surface area contributed by atoms with Crippen LogP contribution in [0, 0.1) is 0 Å². The zero-order chi connectivity index (χ0) is 11.9. The maximum atomic E-state index is 8.99. The largest absolute Gasteiger partial charge is 0.393 e. The van der Waals surface area contributed by atoms with Crippen LogP contribution in [0.4, 0.5) is 0 Å². The number of hydrogen-bond donors (Lipinski definition) is 0. The highest BCUT2D eigenvalue weighted by Crippen LogP contribution is 2.29. The maximum absolute atomic E-state index is 8.99. The Bertz CT molecular complexity index is 476. The Morgan fingerprint density at radius 1 is 0.765 bits per heavy atom. The Kier molecular flexibility index (Phi) is 4.45. The molecule has 0 fully saturated rings. The lowest BCUT2D eigenvalue weighted by Gasteiger charge is -1.97. The van der Waals surface area contributed by atoms with Gasteiger partial charge in [-0.3, -0.25) is 0 Å². The molecule has 0 atom stereocenters. The summed E-state index contributed by atoms with van der Waals surface area (Å²) in [6.45, 7) is 0. The van der Waals surface area contributed by atoms with Crippen molar-refractivity contribution in [2.24, 2.45) is 0 Å². The molecule has 2 nitrogen and oxygen atoms in total. The highest BCUT2D eigenvalue weighted by molar-refractivity contribution is 8.38. The first-order chi connectivity index (χ1) is 8.38. The average molecular weight is 258 g/mol. The monoisotopic (exact) mass is 258 g/mol. The summed E-state index contributed by atoms with van der Waals surface area (Å²) < 4.78 is 0.613. The van der Waals surface area contributed by atoms with Crippen LogP contribution in [0.15, 0.2) is 70.5 Å². The fraction of sp³-hybridized carbons (Fsp3) is 0. The van der Waals surface area contributed by atoms with Gasteiger partial charge in [0, 0.05) is 33.3 Å². The molecule has 2 aromatic carbocycles. The first-order valence-electron chi connectivity index (χ1n) is 5.06. The molecule has 0 N–H and O–H groups in total. The molecule has 0 spiro atoms. The van der Waals surface area contributed by atoms with Crippen LogP contribution in [0.3, 0.4) is 0 Å². The first-order valence-corrected chi connectivity index (χ1v) is 6.69. The molecule has 0 bridgehead atoms. The fourth-order valence-corrected chi connectivity index (χ4v) is 3.06. The Labute approximate surface area is 109 Å². The molecule has 0 aromatic heterocycles. The summed E-state index contributed by atoms with van der Waals surface area (Å²) in [6.07, 6.45) is 0. The summed E-state index contributed by atoms with van der Waals surface area (Å²) in [6, 6.07) is 19.7. The van der Waals surface area contributed by atoms with Crippen molar-refractivity contribution in [3.8, 4) is 0 Å². The van der Waals surface area contributed by atoms with Crippen LogP contribution in [-0.2, 0) is 0 Å². The van der Waals surface area contributed by atoms with Gasteiger partial charge < -0.3 is 5.53 Å². The number of thioether (sulfide) groups is 2. The highest BCUT2D eigenvalue weighted by atomic mass is 32.2. The molecule has 0 saturated carbocycles. The smallest absolute Gasteiger partial charge is 0.359 e. The summed E-state index contributed by atoms with van der Waals surface area (Å²) >= 11 is 2.89. The van der Waals surface area contributed by atoms with E-state index in [-0.39, 0.29) is 0 Å². The molecule has 0 saturated heterocycles. The maximum Gasteiger partial charge on any atom is 0.393 e. The molecule has 4 heteroatoms. The van der Waals surface area contributed by atoms with Crippen molar-refractivity contribution in [2.45, 2.75) is 9.79 Å². The average Bonchev–Trinajstić information content (AvgIpc) is 2.40. The molecular formula is C13H10N2S2. The Hall–Kier alpha value is -1.48. The Morgan fingerprint density at radius 3 is 1.53 bits per heavy atom. The molecule has 0 unspecified atom stereocenters. The molecule has 2 aromatic rings. The van der Waals surface area contributed by atoms with E-state index >= 15 is 0 Å². The molecule has 2 rings (SSSR count). The zero-order valence-corrected chi connectivity index (χ0v) is 10.6. The molecule has 17 heavy (non-hydrogen) atoms. The third-order valence-corrected chi connectivity index (χ3v) is 4.01. The van der Waals surface area contributed by atoms with Gasteiger partial charge in [0.2, 0.25) is 0 Å². The number of benzene rings is 2. The number of hydrogen-bond acceptors (Lipinski definition) is 2. The second kappa shape index (κ2) is 6.30. The van der Waals surface area contributed by atoms with E-state index in [1.165, 1.54) is 23.5 Å². The fourth-order valence-electron chi connectivity index (χ4n) is 1.24. The second-order valence-electron chi connectivity index (χ2n) is 3.20. The van der Waals surface area contributed by atoms with Gasteiger partial charge in [-0.1, -0.05) is 36.4 Å². The molecule has 0 heterocycles. The lowest BCUT2D eigenvalue weighted by molar-refractivity contribution is 0.00551. The molecule has 0 aliphatic carbocycles. The predicted octanol–water partition coefficient (Wildman–Crippen LogP) is 4.16. The van der Waals surface area contributed by atoms with Crippen molar-refractivity contribution in [1.29, 1.82) is 0 Å². The number of rotatable bonds is 2. The topological polar surface area (TPSA) is 36.4 Å². The van der Waals surface area contributed by atoms with E-state index in [9.17, 15) is 0 Å². The standard InChI is InChI=1S/C13H10N2S2/c14-15-13(16-11-7-3-1-4-8-11)17-12-9-5-2-6-10-12/h1-10H. The van der Waals surface area contributed by atoms with E-state index in [2.05, 4.69) is 4.79 Å². The Balaban J connectivity index is 2.07. The summed E-state index contributed by atoms with van der Waals surface area (Å²) in [5.74, 6) is 0. The van der Waals surface area contributed by atoms with E-state index < -0.39 is 0 Å². The summed E-state index contributed by atoms with van der Waals surface area (Å²) in [4.78, 5) is 5.44. The molecule has 0 aliphatic rings. The van der Waals surface area contributed by atoms with E-state index in [1.54, 1.807) is 0 Å². The third-order valence-electron chi connectivity index (χ3n) is 1.98. The van der Waals surface area contributed by atoms with Gasteiger partial charge in [0.25, 0.3) is 0 Å². The second-order valence-corrected chi connectivity index (χ2v) is 5.58. The lowest BCUT2D eigenvalue weighted by Crippen LogP contribution is -1.86. The predicted molar refractivity (Wildman–Crippen MR) is 73.2 cm³/mol. The van der Waals surface area contributed by atoms with Crippen LogP contribution in [0.25, 0.3) is 5.53 Å². The van der Waals surface area contributed by atoms with Crippen molar-refractivity contribution in [1.82, 2.24) is 0 Å². The molecule has 0 radical (unpaired) electrons. The normalized spacial score (nSPS) is 9.65. The van der Waals surface area contributed by atoms with Gasteiger partial charge in [-0.2, -0.15) is 4.79 Å². The van der Waals surface area contributed by atoms with Crippen LogP contribution < -0.4 is 0 Å². The van der Waals surface area contributed by atoms with E-state index in [0.717, 1.165) is 9.79 Å². The van der Waals surface area contributed by atoms with Crippen LogP contribution >= 0.6 is 23.5 Å². The zero-order valence-electron chi connectivity index (χ0n) is 8.98. The quantitative estimate of drug-likeness (QED) is 0.267. The molecule has 0 amide bonds. The summed E-state index contributed by atoms with van der Waals surface area (Å²) in [7, 11) is 0. The minimum atomic E-state index is 0.613. The lowest BCUT2D eigenvalue weighted by atomic mass is 10.4. The van der Waals surface area contributed by atoms with Crippen molar-refractivity contribution in [3.05, 3.63) is 66.2 Å². The van der Waals surface area contributed by atoms with Gasteiger partial charge in [0.1, 0.15) is 0 Å². The van der Waals surface area contributed by atoms with Crippen molar-refractivity contribution in [3.63, 3.8) is 0 Å². The van der Waals surface area contributed by atoms with Crippen LogP contribution in [0.1, 0.15) is 0 Å². The van der Waals surface area contributed by atoms with Gasteiger partial charge >= 0.3 is 4.38 Å². The first kappa shape index (κ1) is 12.0. The summed E-state index contributed by atoms with van der Waals surface area (Å²) in [5.41, 5.74) is 8.99. The van der Waals surface area contributed by atoms with Crippen LogP contribution in [0.2, 0.25) is 0 Å². The van der Waals surface area contributed by atoms with Crippen molar-refractivity contribution in [2.75, 3.05) is 0 Å². The summed E-state index contributed by atoms with van der Waals surface area (Å²) in [5, 5.41) is 0. The number of nitrogens with zero attached hydrogens (tertiary/aromatic N) is 2.